The van der Waals surface area contributed by atoms with Gasteiger partial charge in [0.05, 0.1) is 11.6 Å². The van der Waals surface area contributed by atoms with Crippen LogP contribution < -0.4 is 5.32 Å². The fourth-order valence-electron chi connectivity index (χ4n) is 3.97. The smallest absolute Gasteiger partial charge is 0.256 e. The predicted molar refractivity (Wildman–Crippen MR) is 109 cm³/mol. The highest BCUT2D eigenvalue weighted by molar-refractivity contribution is 5.96. The molecule has 4 nitrogen and oxygen atoms in total. The number of rotatable bonds is 3. The summed E-state index contributed by atoms with van der Waals surface area (Å²) in [7, 11) is 0. The Morgan fingerprint density at radius 3 is 2.50 bits per heavy atom. The molecule has 1 fully saturated rings. The molecule has 1 amide bonds. The van der Waals surface area contributed by atoms with Crippen LogP contribution in [0, 0.1) is 13.8 Å². The number of halogens is 1. The summed E-state index contributed by atoms with van der Waals surface area (Å²) >= 11 is 0. The minimum atomic E-state index is 0. The zero-order valence-corrected chi connectivity index (χ0v) is 17.1. The lowest BCUT2D eigenvalue weighted by molar-refractivity contribution is 0.0602. The van der Waals surface area contributed by atoms with Gasteiger partial charge in [-0.25, -0.2) is 0 Å². The highest BCUT2D eigenvalue weighted by atomic mass is 35.5. The van der Waals surface area contributed by atoms with Crippen molar-refractivity contribution in [2.45, 2.75) is 52.7 Å². The second-order valence-corrected chi connectivity index (χ2v) is 7.22. The molecule has 0 saturated carbocycles. The van der Waals surface area contributed by atoms with Gasteiger partial charge in [-0.1, -0.05) is 30.3 Å². The Bertz CT molecular complexity index is 756. The monoisotopic (exact) mass is 375 g/mol. The predicted octanol–water partition coefficient (Wildman–Crippen LogP) is 3.96. The number of carbonyl (C=O) groups is 1. The first kappa shape index (κ1) is 20.5. The Balaban J connectivity index is 0.00000243. The molecule has 1 aliphatic heterocycles. The lowest BCUT2D eigenvalue weighted by Crippen LogP contribution is -2.57. The molecule has 2 heterocycles. The Morgan fingerprint density at radius 1 is 1.19 bits per heavy atom. The van der Waals surface area contributed by atoms with Crippen LogP contribution in [0.3, 0.4) is 0 Å². The van der Waals surface area contributed by atoms with Gasteiger partial charge in [0.15, 0.2) is 0 Å². The van der Waals surface area contributed by atoms with Gasteiger partial charge >= 0.3 is 0 Å². The third-order valence-electron chi connectivity index (χ3n) is 5.68. The van der Waals surface area contributed by atoms with Gasteiger partial charge in [-0.05, 0) is 46.2 Å². The van der Waals surface area contributed by atoms with E-state index >= 15 is 0 Å². The molecule has 1 aliphatic rings. The van der Waals surface area contributed by atoms with Crippen molar-refractivity contribution in [2.24, 2.45) is 0 Å². The lowest BCUT2D eigenvalue weighted by Gasteiger charge is -2.38. The second kappa shape index (κ2) is 8.28. The maximum Gasteiger partial charge on any atom is 0.256 e. The van der Waals surface area contributed by atoms with Crippen molar-refractivity contribution >= 4 is 18.3 Å². The molecule has 3 atom stereocenters. The summed E-state index contributed by atoms with van der Waals surface area (Å²) in [4.78, 5) is 15.2. The molecule has 142 valence electrons. The maximum atomic E-state index is 13.2. The number of carbonyl (C=O) groups excluding carboxylic acids is 1. The number of piperazine rings is 1. The van der Waals surface area contributed by atoms with E-state index in [9.17, 15) is 4.79 Å². The van der Waals surface area contributed by atoms with Crippen LogP contribution in [0.1, 0.15) is 54.1 Å². The summed E-state index contributed by atoms with van der Waals surface area (Å²) in [6, 6.07) is 13.2. The molecular formula is C21H30ClN3O. The van der Waals surface area contributed by atoms with Crippen LogP contribution in [0.15, 0.2) is 36.4 Å². The molecule has 3 rings (SSSR count). The van der Waals surface area contributed by atoms with Crippen LogP contribution in [-0.2, 0) is 0 Å². The number of benzene rings is 1. The highest BCUT2D eigenvalue weighted by Crippen LogP contribution is 2.27. The molecule has 1 saturated heterocycles. The number of hydrogen-bond acceptors (Lipinski definition) is 2. The van der Waals surface area contributed by atoms with Crippen LogP contribution in [0.5, 0.6) is 0 Å². The Hall–Kier alpha value is -1.78. The van der Waals surface area contributed by atoms with Gasteiger partial charge in [0.1, 0.15) is 0 Å². The van der Waals surface area contributed by atoms with Crippen molar-refractivity contribution in [3.05, 3.63) is 58.9 Å². The van der Waals surface area contributed by atoms with E-state index in [4.69, 9.17) is 0 Å². The van der Waals surface area contributed by atoms with Gasteiger partial charge < -0.3 is 14.8 Å². The summed E-state index contributed by atoms with van der Waals surface area (Å²) < 4.78 is 2.28. The molecule has 2 aromatic rings. The third kappa shape index (κ3) is 3.67. The molecule has 0 bridgehead atoms. The number of nitrogens with one attached hydrogen (secondary N) is 1. The van der Waals surface area contributed by atoms with Crippen molar-refractivity contribution in [3.8, 4) is 0 Å². The SMILES string of the molecule is Cc1cc(C(=O)N2CCNC(C)C2C)c(C)n1C(C)c1ccccc1.Cl. The maximum absolute atomic E-state index is 13.2. The number of aromatic nitrogens is 1. The van der Waals surface area contributed by atoms with Crippen molar-refractivity contribution in [1.82, 2.24) is 14.8 Å². The lowest BCUT2D eigenvalue weighted by atomic mass is 10.1. The number of aryl methyl sites for hydroxylation is 1. The van der Waals surface area contributed by atoms with E-state index in [1.807, 2.05) is 11.0 Å². The number of amides is 1. The molecule has 1 aromatic carbocycles. The summed E-state index contributed by atoms with van der Waals surface area (Å²) in [5.41, 5.74) is 4.28. The van der Waals surface area contributed by atoms with Crippen molar-refractivity contribution in [2.75, 3.05) is 13.1 Å². The van der Waals surface area contributed by atoms with E-state index in [0.29, 0.717) is 6.04 Å². The summed E-state index contributed by atoms with van der Waals surface area (Å²) in [5.74, 6) is 0.153. The van der Waals surface area contributed by atoms with E-state index in [1.165, 1.54) is 5.56 Å². The van der Waals surface area contributed by atoms with Crippen LogP contribution in [-0.4, -0.2) is 40.5 Å². The molecular weight excluding hydrogens is 346 g/mol. The number of hydrogen-bond donors (Lipinski definition) is 1. The average molecular weight is 376 g/mol. The van der Waals surface area contributed by atoms with Gasteiger partial charge in [-0.2, -0.15) is 0 Å². The minimum Gasteiger partial charge on any atom is -0.341 e. The summed E-state index contributed by atoms with van der Waals surface area (Å²) in [6.07, 6.45) is 0. The van der Waals surface area contributed by atoms with E-state index in [2.05, 4.69) is 74.8 Å². The first-order chi connectivity index (χ1) is 11.9. The Morgan fingerprint density at radius 2 is 1.85 bits per heavy atom. The normalized spacial score (nSPS) is 21.2. The Labute approximate surface area is 163 Å². The third-order valence-corrected chi connectivity index (χ3v) is 5.68. The van der Waals surface area contributed by atoms with E-state index in [-0.39, 0.29) is 30.4 Å². The molecule has 1 N–H and O–H groups in total. The molecule has 5 heteroatoms. The Kier molecular flexibility index (Phi) is 6.53. The second-order valence-electron chi connectivity index (χ2n) is 7.22. The quantitative estimate of drug-likeness (QED) is 0.881. The molecule has 0 spiro atoms. The van der Waals surface area contributed by atoms with Gasteiger partial charge in [0.2, 0.25) is 0 Å². The van der Waals surface area contributed by atoms with Crippen LogP contribution >= 0.6 is 12.4 Å². The van der Waals surface area contributed by atoms with Gasteiger partial charge in [-0.3, -0.25) is 4.79 Å². The van der Waals surface area contributed by atoms with Gasteiger partial charge in [0, 0.05) is 36.6 Å². The fraction of sp³-hybridized carbons (Fsp3) is 0.476. The molecule has 1 aromatic heterocycles. The van der Waals surface area contributed by atoms with E-state index in [0.717, 1.165) is 30.0 Å². The van der Waals surface area contributed by atoms with Crippen LogP contribution in [0.2, 0.25) is 0 Å². The summed E-state index contributed by atoms with van der Waals surface area (Å²) in [5, 5.41) is 3.44. The zero-order chi connectivity index (χ0) is 18.1. The van der Waals surface area contributed by atoms with Gasteiger partial charge in [0.25, 0.3) is 5.91 Å². The zero-order valence-electron chi connectivity index (χ0n) is 16.3. The molecule has 0 aliphatic carbocycles. The number of nitrogens with zero attached hydrogens (tertiary/aromatic N) is 2. The van der Waals surface area contributed by atoms with Crippen LogP contribution in [0.25, 0.3) is 0 Å². The summed E-state index contributed by atoms with van der Waals surface area (Å²) in [6.45, 7) is 12.2. The van der Waals surface area contributed by atoms with Crippen molar-refractivity contribution < 1.29 is 4.79 Å². The molecule has 3 unspecified atom stereocenters. The highest BCUT2D eigenvalue weighted by Gasteiger charge is 2.31. The largest absolute Gasteiger partial charge is 0.341 e. The molecule has 0 radical (unpaired) electrons. The van der Waals surface area contributed by atoms with Gasteiger partial charge in [-0.15, -0.1) is 12.4 Å². The molecule has 26 heavy (non-hydrogen) atoms. The average Bonchev–Trinajstić information content (AvgIpc) is 2.91. The topological polar surface area (TPSA) is 37.3 Å². The van der Waals surface area contributed by atoms with E-state index < -0.39 is 0 Å². The first-order valence-corrected chi connectivity index (χ1v) is 9.19. The van der Waals surface area contributed by atoms with Crippen molar-refractivity contribution in [3.63, 3.8) is 0 Å². The standard InChI is InChI=1S/C21H29N3O.ClH/c1-14-13-20(21(25)23-12-11-22-15(2)16(23)3)18(5)24(14)17(4)19-9-7-6-8-10-19;/h6-10,13,15-17,22H,11-12H2,1-5H3;1H. The van der Waals surface area contributed by atoms with Crippen molar-refractivity contribution in [1.29, 1.82) is 0 Å². The first-order valence-electron chi connectivity index (χ1n) is 9.19. The fourth-order valence-corrected chi connectivity index (χ4v) is 3.97. The van der Waals surface area contributed by atoms with E-state index in [1.54, 1.807) is 0 Å². The minimum absolute atomic E-state index is 0. The van der Waals surface area contributed by atoms with Crippen LogP contribution in [0.4, 0.5) is 0 Å².